The van der Waals surface area contributed by atoms with Crippen LogP contribution >= 0.6 is 0 Å². The van der Waals surface area contributed by atoms with E-state index in [1.54, 1.807) is 0 Å². The molecule has 1 fully saturated rings. The molecule has 0 aromatic rings. The second-order valence-corrected chi connectivity index (χ2v) is 5.18. The predicted octanol–water partition coefficient (Wildman–Crippen LogP) is -0.0670. The molecule has 0 unspecified atom stereocenters. The summed E-state index contributed by atoms with van der Waals surface area (Å²) in [4.78, 5) is 10.1. The van der Waals surface area contributed by atoms with Crippen LogP contribution in [0.25, 0.3) is 0 Å². The molecule has 2 N–H and O–H groups in total. The summed E-state index contributed by atoms with van der Waals surface area (Å²) in [6, 6.07) is 0. The van der Waals surface area contributed by atoms with Gasteiger partial charge in [0.25, 0.3) is 0 Å². The summed E-state index contributed by atoms with van der Waals surface area (Å²) < 4.78 is 24.7. The zero-order chi connectivity index (χ0) is 9.90. The SMILES string of the molecule is O=C(O)CCCNS(=O)(=O)C1CC1. The van der Waals surface area contributed by atoms with Gasteiger partial charge >= 0.3 is 5.97 Å². The van der Waals surface area contributed by atoms with Crippen molar-refractivity contribution in [1.29, 1.82) is 0 Å². The Labute approximate surface area is 77.2 Å². The molecule has 0 heterocycles. The quantitative estimate of drug-likeness (QED) is 0.597. The second kappa shape index (κ2) is 4.06. The van der Waals surface area contributed by atoms with Crippen LogP contribution in [0, 0.1) is 0 Å². The average molecular weight is 207 g/mol. The van der Waals surface area contributed by atoms with Crippen LogP contribution in [0.15, 0.2) is 0 Å². The average Bonchev–Trinajstić information content (AvgIpc) is 2.79. The Morgan fingerprint density at radius 1 is 1.46 bits per heavy atom. The predicted molar refractivity (Wildman–Crippen MR) is 46.8 cm³/mol. The molecule has 0 spiro atoms. The van der Waals surface area contributed by atoms with E-state index in [1.165, 1.54) is 0 Å². The van der Waals surface area contributed by atoms with Crippen LogP contribution in [-0.2, 0) is 14.8 Å². The maximum absolute atomic E-state index is 11.2. The molecular formula is C7H13NO4S. The number of aliphatic carboxylic acids is 1. The van der Waals surface area contributed by atoms with Gasteiger partial charge in [-0.15, -0.1) is 0 Å². The Hall–Kier alpha value is -0.620. The molecule has 0 aromatic carbocycles. The molecule has 1 saturated carbocycles. The molecule has 0 saturated heterocycles. The third kappa shape index (κ3) is 3.73. The summed E-state index contributed by atoms with van der Waals surface area (Å²) in [6.07, 6.45) is 1.82. The summed E-state index contributed by atoms with van der Waals surface area (Å²) >= 11 is 0. The second-order valence-electron chi connectivity index (χ2n) is 3.14. The van der Waals surface area contributed by atoms with E-state index in [4.69, 9.17) is 5.11 Å². The van der Waals surface area contributed by atoms with Crippen molar-refractivity contribution in [3.63, 3.8) is 0 Å². The van der Waals surface area contributed by atoms with Gasteiger partial charge in [-0.05, 0) is 19.3 Å². The van der Waals surface area contributed by atoms with Gasteiger partial charge < -0.3 is 5.11 Å². The molecule has 6 heteroatoms. The van der Waals surface area contributed by atoms with Crippen LogP contribution in [0.5, 0.6) is 0 Å². The van der Waals surface area contributed by atoms with E-state index >= 15 is 0 Å². The zero-order valence-electron chi connectivity index (χ0n) is 7.19. The van der Waals surface area contributed by atoms with E-state index in [0.29, 0.717) is 6.42 Å². The topological polar surface area (TPSA) is 83.5 Å². The lowest BCUT2D eigenvalue weighted by Gasteiger charge is -2.03. The normalized spacial score (nSPS) is 17.2. The van der Waals surface area contributed by atoms with E-state index in [2.05, 4.69) is 4.72 Å². The Bertz CT molecular complexity index is 281. The summed E-state index contributed by atoms with van der Waals surface area (Å²) in [7, 11) is -3.13. The fraction of sp³-hybridized carbons (Fsp3) is 0.857. The molecule has 76 valence electrons. The third-order valence-corrected chi connectivity index (χ3v) is 3.79. The molecule has 0 aromatic heterocycles. The van der Waals surface area contributed by atoms with Gasteiger partial charge in [-0.3, -0.25) is 4.79 Å². The molecule has 1 rings (SSSR count). The van der Waals surface area contributed by atoms with Gasteiger partial charge in [-0.2, -0.15) is 0 Å². The smallest absolute Gasteiger partial charge is 0.303 e. The van der Waals surface area contributed by atoms with Crippen LogP contribution in [0.3, 0.4) is 0 Å². The highest BCUT2D eigenvalue weighted by Gasteiger charge is 2.35. The molecule has 0 amide bonds. The Morgan fingerprint density at radius 2 is 2.08 bits per heavy atom. The summed E-state index contributed by atoms with van der Waals surface area (Å²) in [5.74, 6) is -0.898. The lowest BCUT2D eigenvalue weighted by molar-refractivity contribution is -0.137. The van der Waals surface area contributed by atoms with Crippen LogP contribution in [-0.4, -0.2) is 31.3 Å². The molecular weight excluding hydrogens is 194 g/mol. The van der Waals surface area contributed by atoms with Crippen molar-refractivity contribution < 1.29 is 18.3 Å². The molecule has 1 aliphatic carbocycles. The number of sulfonamides is 1. The lowest BCUT2D eigenvalue weighted by atomic mass is 10.3. The van der Waals surface area contributed by atoms with Crippen molar-refractivity contribution in [3.8, 4) is 0 Å². The lowest BCUT2D eigenvalue weighted by Crippen LogP contribution is -2.28. The fourth-order valence-corrected chi connectivity index (χ4v) is 2.37. The van der Waals surface area contributed by atoms with Gasteiger partial charge in [0.1, 0.15) is 0 Å². The van der Waals surface area contributed by atoms with E-state index in [1.807, 2.05) is 0 Å². The highest BCUT2D eigenvalue weighted by molar-refractivity contribution is 7.90. The minimum atomic E-state index is -3.13. The Morgan fingerprint density at radius 3 is 2.54 bits per heavy atom. The van der Waals surface area contributed by atoms with E-state index < -0.39 is 16.0 Å². The minimum absolute atomic E-state index is 0.00713. The molecule has 13 heavy (non-hydrogen) atoms. The highest BCUT2D eigenvalue weighted by atomic mass is 32.2. The number of nitrogens with one attached hydrogen (secondary N) is 1. The minimum Gasteiger partial charge on any atom is -0.481 e. The maximum atomic E-state index is 11.2. The molecule has 0 aliphatic heterocycles. The highest BCUT2D eigenvalue weighted by Crippen LogP contribution is 2.27. The number of carbonyl (C=O) groups is 1. The van der Waals surface area contributed by atoms with Crippen molar-refractivity contribution in [1.82, 2.24) is 4.72 Å². The van der Waals surface area contributed by atoms with E-state index in [9.17, 15) is 13.2 Å². The summed E-state index contributed by atoms with van der Waals surface area (Å²) in [6.45, 7) is 0.227. The third-order valence-electron chi connectivity index (χ3n) is 1.83. The summed E-state index contributed by atoms with van der Waals surface area (Å²) in [5, 5.41) is 8.06. The maximum Gasteiger partial charge on any atom is 0.303 e. The van der Waals surface area contributed by atoms with Crippen LogP contribution in [0.1, 0.15) is 25.7 Å². The van der Waals surface area contributed by atoms with Crippen LogP contribution in [0.4, 0.5) is 0 Å². The number of rotatable bonds is 6. The van der Waals surface area contributed by atoms with Crippen LogP contribution < -0.4 is 4.72 Å². The first-order valence-electron chi connectivity index (χ1n) is 4.22. The molecule has 5 nitrogen and oxygen atoms in total. The van der Waals surface area contributed by atoms with Gasteiger partial charge in [-0.25, -0.2) is 13.1 Å². The van der Waals surface area contributed by atoms with E-state index in [0.717, 1.165) is 12.8 Å². The molecule has 0 bridgehead atoms. The first kappa shape index (κ1) is 10.5. The summed E-state index contributed by atoms with van der Waals surface area (Å²) in [5.41, 5.74) is 0. The van der Waals surface area contributed by atoms with Crippen molar-refractivity contribution >= 4 is 16.0 Å². The Balaban J connectivity index is 2.15. The number of carboxylic acid groups (broad SMARTS) is 1. The van der Waals surface area contributed by atoms with Crippen LogP contribution in [0.2, 0.25) is 0 Å². The van der Waals surface area contributed by atoms with Crippen molar-refractivity contribution in [2.24, 2.45) is 0 Å². The van der Waals surface area contributed by atoms with Crippen molar-refractivity contribution in [2.45, 2.75) is 30.9 Å². The first-order chi connectivity index (χ1) is 6.02. The van der Waals surface area contributed by atoms with Gasteiger partial charge in [0.2, 0.25) is 10.0 Å². The monoisotopic (exact) mass is 207 g/mol. The molecule has 0 atom stereocenters. The molecule has 1 aliphatic rings. The van der Waals surface area contributed by atoms with Gasteiger partial charge in [0.15, 0.2) is 0 Å². The van der Waals surface area contributed by atoms with E-state index in [-0.39, 0.29) is 18.2 Å². The van der Waals surface area contributed by atoms with Crippen molar-refractivity contribution in [2.75, 3.05) is 6.54 Å². The standard InChI is InChI=1S/C7H13NO4S/c9-7(10)2-1-5-8-13(11,12)6-3-4-6/h6,8H,1-5H2,(H,9,10). The number of hydrogen-bond acceptors (Lipinski definition) is 3. The largest absolute Gasteiger partial charge is 0.481 e. The molecule has 0 radical (unpaired) electrons. The van der Waals surface area contributed by atoms with Gasteiger partial charge in [-0.1, -0.05) is 0 Å². The number of hydrogen-bond donors (Lipinski definition) is 2. The zero-order valence-corrected chi connectivity index (χ0v) is 8.01. The van der Waals surface area contributed by atoms with Crippen molar-refractivity contribution in [3.05, 3.63) is 0 Å². The first-order valence-corrected chi connectivity index (χ1v) is 5.77. The Kier molecular flexibility index (Phi) is 3.27. The number of carboxylic acids is 1. The fourth-order valence-electron chi connectivity index (χ4n) is 0.950. The van der Waals surface area contributed by atoms with Gasteiger partial charge in [0.05, 0.1) is 5.25 Å². The van der Waals surface area contributed by atoms with Gasteiger partial charge in [0, 0.05) is 13.0 Å².